The lowest BCUT2D eigenvalue weighted by molar-refractivity contribution is -0.672. The molecule has 4 aliphatic rings. The highest BCUT2D eigenvalue weighted by molar-refractivity contribution is 5.75. The molecule has 0 amide bonds. The fourth-order valence-electron chi connectivity index (χ4n) is 6.72. The van der Waals surface area contributed by atoms with Gasteiger partial charge >= 0.3 is 11.5 Å². The minimum atomic E-state index is 0.0335. The van der Waals surface area contributed by atoms with Crippen LogP contribution in [0.1, 0.15) is 36.8 Å². The standard InChI is InChI=1S/C17H23N5O4.C17H23N5O3/c23-21-14-11-13-3-1-8-26-16(13)12-15(14)22(24)19-17(21)18-4-2-5-20-6-9-25-10-7-20;23-22-15-12-16-13(3-1-8-25-16)11-14(15)19-17(20-22)18-4-2-5-21-6-9-24-10-7-21/h11-12H,1-10H2,(H,18,19);11-12H,1-10H2,(H,18,19,20). The van der Waals surface area contributed by atoms with E-state index in [-0.39, 0.29) is 11.5 Å². The molecule has 274 valence electrons. The predicted octanol–water partition coefficient (Wildman–Crippen LogP) is 0.683. The summed E-state index contributed by atoms with van der Waals surface area (Å²) in [5.74, 6) is 1.85. The van der Waals surface area contributed by atoms with E-state index >= 15 is 0 Å². The average molecular weight is 707 g/mol. The van der Waals surface area contributed by atoms with E-state index < -0.39 is 0 Å². The Morgan fingerprint density at radius 2 is 1.22 bits per heavy atom. The molecule has 2 aromatic carbocycles. The summed E-state index contributed by atoms with van der Waals surface area (Å²) < 4.78 is 22.6. The van der Waals surface area contributed by atoms with Crippen LogP contribution in [0, 0.1) is 15.6 Å². The summed E-state index contributed by atoms with van der Waals surface area (Å²) in [6.45, 7) is 11.6. The number of aromatic nitrogens is 6. The summed E-state index contributed by atoms with van der Waals surface area (Å²) in [6.07, 6.45) is 5.53. The summed E-state index contributed by atoms with van der Waals surface area (Å²) in [4.78, 5) is 10.3. The summed E-state index contributed by atoms with van der Waals surface area (Å²) in [6, 6.07) is 7.05. The zero-order chi connectivity index (χ0) is 35.0. The minimum Gasteiger partial charge on any atom is -0.739 e. The van der Waals surface area contributed by atoms with Gasteiger partial charge in [-0.1, -0.05) is 0 Å². The van der Waals surface area contributed by atoms with Crippen LogP contribution in [0.5, 0.6) is 11.5 Å². The maximum Gasteiger partial charge on any atom is 0.460 e. The largest absolute Gasteiger partial charge is 0.739 e. The Labute approximate surface area is 295 Å². The Kier molecular flexibility index (Phi) is 11.4. The number of hydrogen-bond acceptors (Lipinski definition) is 14. The van der Waals surface area contributed by atoms with Gasteiger partial charge in [0.25, 0.3) is 11.5 Å². The number of ether oxygens (including phenoxy) is 4. The van der Waals surface area contributed by atoms with Gasteiger partial charge in [0.2, 0.25) is 5.10 Å². The Morgan fingerprint density at radius 3 is 1.86 bits per heavy atom. The molecule has 4 aliphatic heterocycles. The Bertz CT molecular complexity index is 1800. The molecule has 0 bridgehead atoms. The first kappa shape index (κ1) is 34.9. The predicted molar refractivity (Wildman–Crippen MR) is 187 cm³/mol. The maximum absolute atomic E-state index is 12.6. The van der Waals surface area contributed by atoms with Crippen molar-refractivity contribution < 1.29 is 33.4 Å². The van der Waals surface area contributed by atoms with Crippen molar-refractivity contribution in [3.05, 3.63) is 51.0 Å². The normalized spacial score (nSPS) is 17.8. The van der Waals surface area contributed by atoms with Gasteiger partial charge in [0.05, 0.1) is 63.4 Å². The highest BCUT2D eigenvalue weighted by Gasteiger charge is 2.24. The summed E-state index contributed by atoms with van der Waals surface area (Å²) in [5.41, 5.74) is 3.70. The topological polar surface area (TPSA) is 187 Å². The van der Waals surface area contributed by atoms with Gasteiger partial charge in [-0.15, -0.1) is 0 Å². The van der Waals surface area contributed by atoms with Gasteiger partial charge in [-0.2, -0.15) is 0 Å². The van der Waals surface area contributed by atoms with Crippen molar-refractivity contribution >= 4 is 34.0 Å². The van der Waals surface area contributed by atoms with E-state index in [1.165, 1.54) is 0 Å². The third-order valence-electron chi connectivity index (χ3n) is 9.51. The molecular formula is C34H46N10O7. The van der Waals surface area contributed by atoms with Crippen LogP contribution >= 0.6 is 0 Å². The van der Waals surface area contributed by atoms with Gasteiger partial charge in [-0.25, -0.2) is 9.71 Å². The van der Waals surface area contributed by atoms with E-state index in [2.05, 4.69) is 35.6 Å². The molecule has 2 aromatic heterocycles. The van der Waals surface area contributed by atoms with Crippen molar-refractivity contribution in [2.45, 2.75) is 38.5 Å². The molecule has 0 atom stereocenters. The fourth-order valence-corrected chi connectivity index (χ4v) is 6.72. The van der Waals surface area contributed by atoms with Crippen LogP contribution in [0.2, 0.25) is 0 Å². The molecule has 4 aromatic rings. The van der Waals surface area contributed by atoms with Crippen molar-refractivity contribution in [3.63, 3.8) is 0 Å². The lowest BCUT2D eigenvalue weighted by Crippen LogP contribution is -2.44. The van der Waals surface area contributed by atoms with E-state index in [9.17, 15) is 15.6 Å². The first-order chi connectivity index (χ1) is 25.0. The van der Waals surface area contributed by atoms with Crippen LogP contribution in [0.15, 0.2) is 24.3 Å². The molecule has 51 heavy (non-hydrogen) atoms. The molecule has 6 heterocycles. The number of aryl methyl sites for hydroxylation is 2. The third kappa shape index (κ3) is 8.66. The molecule has 2 fully saturated rings. The number of rotatable bonds is 10. The van der Waals surface area contributed by atoms with E-state index in [0.717, 1.165) is 128 Å². The minimum absolute atomic E-state index is 0.0335. The molecule has 8 rings (SSSR count). The number of benzene rings is 2. The van der Waals surface area contributed by atoms with Gasteiger partial charge in [0, 0.05) is 44.1 Å². The number of morpholine rings is 2. The summed E-state index contributed by atoms with van der Waals surface area (Å²) in [7, 11) is 0. The van der Waals surface area contributed by atoms with Gasteiger partial charge < -0.3 is 39.9 Å². The first-order valence-corrected chi connectivity index (χ1v) is 18.0. The number of nitrogens with one attached hydrogen (secondary N) is 2. The molecule has 2 N–H and O–H groups in total. The lowest BCUT2D eigenvalue weighted by Gasteiger charge is -2.26. The molecule has 0 radical (unpaired) electrons. The van der Waals surface area contributed by atoms with E-state index in [1.54, 1.807) is 18.2 Å². The second-order valence-corrected chi connectivity index (χ2v) is 13.1. The second kappa shape index (κ2) is 16.6. The number of fused-ring (bicyclic) bond motifs is 4. The zero-order valence-corrected chi connectivity index (χ0v) is 28.9. The Morgan fingerprint density at radius 1 is 0.647 bits per heavy atom. The maximum atomic E-state index is 12.6. The lowest BCUT2D eigenvalue weighted by atomic mass is 10.1. The highest BCUT2D eigenvalue weighted by atomic mass is 16.5. The molecule has 17 nitrogen and oxygen atoms in total. The Balaban J connectivity index is 0.000000159. The second-order valence-electron chi connectivity index (χ2n) is 13.1. The van der Waals surface area contributed by atoms with Gasteiger partial charge in [-0.3, -0.25) is 15.1 Å². The van der Waals surface area contributed by atoms with Crippen LogP contribution < -0.4 is 34.5 Å². The van der Waals surface area contributed by atoms with E-state index in [0.29, 0.717) is 62.4 Å². The van der Waals surface area contributed by atoms with Gasteiger partial charge in [0.15, 0.2) is 5.52 Å². The molecule has 0 unspecified atom stereocenters. The first-order valence-electron chi connectivity index (χ1n) is 18.0. The number of hydrogen-bond donors (Lipinski definition) is 2. The van der Waals surface area contributed by atoms with Crippen molar-refractivity contribution in [1.29, 1.82) is 0 Å². The van der Waals surface area contributed by atoms with E-state index in [1.807, 2.05) is 6.07 Å². The average Bonchev–Trinajstić information content (AvgIpc) is 3.17. The van der Waals surface area contributed by atoms with Crippen LogP contribution in [-0.4, -0.2) is 117 Å². The smallest absolute Gasteiger partial charge is 0.460 e. The van der Waals surface area contributed by atoms with Crippen LogP contribution in [-0.2, 0) is 22.3 Å². The summed E-state index contributed by atoms with van der Waals surface area (Å²) in [5, 5.41) is 51.1. The van der Waals surface area contributed by atoms with Crippen molar-refractivity contribution in [1.82, 2.24) is 25.0 Å². The molecule has 0 aliphatic carbocycles. The van der Waals surface area contributed by atoms with Crippen LogP contribution in [0.3, 0.4) is 0 Å². The van der Waals surface area contributed by atoms with E-state index in [4.69, 9.17) is 18.9 Å². The molecule has 0 saturated carbocycles. The van der Waals surface area contributed by atoms with Crippen molar-refractivity contribution in [2.75, 3.05) is 103 Å². The monoisotopic (exact) mass is 706 g/mol. The molecule has 0 spiro atoms. The number of anilines is 2. The van der Waals surface area contributed by atoms with Gasteiger partial charge in [0.1, 0.15) is 17.0 Å². The van der Waals surface area contributed by atoms with Crippen molar-refractivity contribution in [3.8, 4) is 11.5 Å². The highest BCUT2D eigenvalue weighted by Crippen LogP contribution is 2.29. The molecule has 2 saturated heterocycles. The van der Waals surface area contributed by atoms with Crippen LogP contribution in [0.25, 0.3) is 22.1 Å². The SMILES string of the molecule is [O-][n+]1nc(NCCCN2CCOCC2)[n+]([O-])c2cc3c(cc21)OCCC3.[O-][n+]1nc(NCCCN2CCOCC2)nc2cc3c(cc21)OCCC3. The third-order valence-corrected chi connectivity index (χ3v) is 9.51. The molecular weight excluding hydrogens is 660 g/mol. The van der Waals surface area contributed by atoms with Crippen molar-refractivity contribution in [2.24, 2.45) is 0 Å². The quantitative estimate of drug-likeness (QED) is 0.133. The fraction of sp³-hybridized carbons (Fsp3) is 0.588. The molecule has 17 heteroatoms. The Hall–Kier alpha value is -4.58. The van der Waals surface area contributed by atoms with Crippen LogP contribution in [0.4, 0.5) is 11.9 Å². The van der Waals surface area contributed by atoms with Gasteiger partial charge in [-0.05, 0) is 73.2 Å². The number of nitrogens with zero attached hydrogens (tertiary/aromatic N) is 8. The summed E-state index contributed by atoms with van der Waals surface area (Å²) >= 11 is 0. The zero-order valence-electron chi connectivity index (χ0n) is 28.9.